The summed E-state index contributed by atoms with van der Waals surface area (Å²) in [4.78, 5) is 13.9. The maximum atomic E-state index is 11.6. The number of nitrogens with zero attached hydrogens (tertiary/aromatic N) is 1. The summed E-state index contributed by atoms with van der Waals surface area (Å²) in [5.74, 6) is -0.339. The molecule has 1 aliphatic heterocycles. The fourth-order valence-corrected chi connectivity index (χ4v) is 4.42. The minimum Gasteiger partial charge on any atom is -0.481 e. The van der Waals surface area contributed by atoms with Gasteiger partial charge < -0.3 is 14.7 Å². The Balaban J connectivity index is 2.37. The van der Waals surface area contributed by atoms with Gasteiger partial charge in [0.05, 0.1) is 11.5 Å². The quantitative estimate of drug-likeness (QED) is 0.833. The van der Waals surface area contributed by atoms with Crippen LogP contribution in [-0.4, -0.2) is 48.8 Å². The average molecular weight is 255 g/mol. The Morgan fingerprint density at radius 1 is 1.44 bits per heavy atom. The normalized spacial score (nSPS) is 38.4. The van der Waals surface area contributed by atoms with E-state index in [2.05, 4.69) is 11.9 Å². The van der Waals surface area contributed by atoms with E-state index >= 15 is 0 Å². The van der Waals surface area contributed by atoms with Crippen molar-refractivity contribution in [2.24, 2.45) is 17.8 Å². The third-order valence-electron chi connectivity index (χ3n) is 5.05. The Hall–Kier alpha value is -0.610. The molecule has 4 heteroatoms. The van der Waals surface area contributed by atoms with E-state index in [9.17, 15) is 9.90 Å². The van der Waals surface area contributed by atoms with Crippen molar-refractivity contribution < 1.29 is 14.6 Å². The van der Waals surface area contributed by atoms with Crippen LogP contribution in [0.3, 0.4) is 0 Å². The third-order valence-corrected chi connectivity index (χ3v) is 5.05. The summed E-state index contributed by atoms with van der Waals surface area (Å²) in [5.41, 5.74) is -0.439. The second-order valence-electron chi connectivity index (χ2n) is 5.90. The van der Waals surface area contributed by atoms with Gasteiger partial charge in [0.1, 0.15) is 0 Å². The minimum absolute atomic E-state index is 0.362. The molecule has 0 aromatic carbocycles. The number of hydrogen-bond acceptors (Lipinski definition) is 3. The molecule has 3 unspecified atom stereocenters. The molecule has 4 nitrogen and oxygen atoms in total. The highest BCUT2D eigenvalue weighted by atomic mass is 16.5. The standard InChI is InChI=1S/C14H25NO3/c1-4-12(13(16)17)14(18-3)10-6-5-7-11(14)9-15(2)8-10/h10-12H,4-9H2,1-3H3,(H,16,17). The lowest BCUT2D eigenvalue weighted by Crippen LogP contribution is -2.65. The lowest BCUT2D eigenvalue weighted by molar-refractivity contribution is -0.202. The number of carbonyl (C=O) groups is 1. The number of fused-ring (bicyclic) bond motifs is 2. The topological polar surface area (TPSA) is 49.8 Å². The molecule has 1 aliphatic carbocycles. The molecule has 18 heavy (non-hydrogen) atoms. The largest absolute Gasteiger partial charge is 0.481 e. The Labute approximate surface area is 109 Å². The van der Waals surface area contributed by atoms with Crippen molar-refractivity contribution in [3.05, 3.63) is 0 Å². The molecule has 0 amide bonds. The zero-order chi connectivity index (χ0) is 13.3. The molecule has 2 rings (SSSR count). The van der Waals surface area contributed by atoms with E-state index in [1.54, 1.807) is 7.11 Å². The molecular weight excluding hydrogens is 230 g/mol. The smallest absolute Gasteiger partial charge is 0.309 e. The van der Waals surface area contributed by atoms with Crippen molar-refractivity contribution >= 4 is 5.97 Å². The summed E-state index contributed by atoms with van der Waals surface area (Å²) in [6, 6.07) is 0. The van der Waals surface area contributed by atoms with Crippen LogP contribution in [0.15, 0.2) is 0 Å². The predicted molar refractivity (Wildman–Crippen MR) is 69.5 cm³/mol. The molecule has 3 atom stereocenters. The van der Waals surface area contributed by atoms with E-state index in [1.807, 2.05) is 6.92 Å². The Bertz CT molecular complexity index is 304. The van der Waals surface area contributed by atoms with Crippen LogP contribution >= 0.6 is 0 Å². The van der Waals surface area contributed by atoms with Gasteiger partial charge in [-0.05, 0) is 26.3 Å². The number of carboxylic acids is 1. The number of aliphatic carboxylic acids is 1. The van der Waals surface area contributed by atoms with Crippen molar-refractivity contribution in [2.75, 3.05) is 27.2 Å². The molecule has 0 aromatic rings. The molecule has 1 N–H and O–H groups in total. The van der Waals surface area contributed by atoms with Gasteiger partial charge in [-0.1, -0.05) is 13.3 Å². The SMILES string of the molecule is CCC(C(=O)O)C1(OC)C2CCCC1CN(C)C2. The molecular formula is C14H25NO3. The summed E-state index contributed by atoms with van der Waals surface area (Å²) in [5, 5.41) is 9.55. The third kappa shape index (κ3) is 1.95. The highest BCUT2D eigenvalue weighted by Crippen LogP contribution is 2.49. The predicted octanol–water partition coefficient (Wildman–Crippen LogP) is 1.84. The molecule has 1 saturated carbocycles. The molecule has 104 valence electrons. The molecule has 2 fully saturated rings. The van der Waals surface area contributed by atoms with Crippen LogP contribution in [0.25, 0.3) is 0 Å². The van der Waals surface area contributed by atoms with E-state index < -0.39 is 11.6 Å². The highest BCUT2D eigenvalue weighted by molar-refractivity contribution is 5.72. The first-order valence-electron chi connectivity index (χ1n) is 7.02. The van der Waals surface area contributed by atoms with Gasteiger partial charge in [-0.25, -0.2) is 0 Å². The molecule has 2 aliphatic rings. The van der Waals surface area contributed by atoms with Crippen molar-refractivity contribution in [3.8, 4) is 0 Å². The summed E-state index contributed by atoms with van der Waals surface area (Å²) in [6.07, 6.45) is 4.06. The number of hydrogen-bond donors (Lipinski definition) is 1. The first-order chi connectivity index (χ1) is 8.56. The van der Waals surface area contributed by atoms with Crippen molar-refractivity contribution in [2.45, 2.75) is 38.2 Å². The average Bonchev–Trinajstić information content (AvgIpc) is 2.30. The van der Waals surface area contributed by atoms with Gasteiger partial charge in [0.25, 0.3) is 0 Å². The zero-order valence-electron chi connectivity index (χ0n) is 11.7. The van der Waals surface area contributed by atoms with E-state index in [0.29, 0.717) is 18.3 Å². The van der Waals surface area contributed by atoms with Crippen LogP contribution in [0.1, 0.15) is 32.6 Å². The van der Waals surface area contributed by atoms with Crippen LogP contribution in [-0.2, 0) is 9.53 Å². The van der Waals surface area contributed by atoms with Crippen molar-refractivity contribution in [1.29, 1.82) is 0 Å². The Kier molecular flexibility index (Phi) is 3.97. The van der Waals surface area contributed by atoms with Gasteiger partial charge in [-0.15, -0.1) is 0 Å². The monoisotopic (exact) mass is 255 g/mol. The maximum absolute atomic E-state index is 11.6. The van der Waals surface area contributed by atoms with Gasteiger partial charge in [-0.3, -0.25) is 4.79 Å². The molecule has 1 heterocycles. The fourth-order valence-electron chi connectivity index (χ4n) is 4.42. The van der Waals surface area contributed by atoms with E-state index in [4.69, 9.17) is 4.74 Å². The van der Waals surface area contributed by atoms with Crippen LogP contribution < -0.4 is 0 Å². The van der Waals surface area contributed by atoms with E-state index in [0.717, 1.165) is 25.9 Å². The second kappa shape index (κ2) is 5.17. The summed E-state index contributed by atoms with van der Waals surface area (Å²) in [7, 11) is 3.84. The van der Waals surface area contributed by atoms with E-state index in [1.165, 1.54) is 6.42 Å². The number of ether oxygens (including phenoxy) is 1. The molecule has 1 saturated heterocycles. The number of likely N-dealkylation sites (tertiary alicyclic amines) is 1. The Morgan fingerprint density at radius 3 is 2.39 bits per heavy atom. The Morgan fingerprint density at radius 2 is 2.00 bits per heavy atom. The fraction of sp³-hybridized carbons (Fsp3) is 0.929. The number of carboxylic acid groups (broad SMARTS) is 1. The van der Waals surface area contributed by atoms with Gasteiger partial charge >= 0.3 is 5.97 Å². The summed E-state index contributed by atoms with van der Waals surface area (Å²) in [6.45, 7) is 3.90. The first-order valence-corrected chi connectivity index (χ1v) is 7.02. The van der Waals surface area contributed by atoms with Gasteiger partial charge in [0.2, 0.25) is 0 Å². The maximum Gasteiger partial charge on any atom is 0.309 e. The molecule has 0 spiro atoms. The molecule has 0 aromatic heterocycles. The first kappa shape index (κ1) is 13.8. The molecule has 0 radical (unpaired) electrons. The highest BCUT2D eigenvalue weighted by Gasteiger charge is 2.57. The minimum atomic E-state index is -0.694. The number of piperidine rings is 1. The van der Waals surface area contributed by atoms with Crippen LogP contribution in [0, 0.1) is 17.8 Å². The van der Waals surface area contributed by atoms with Crippen molar-refractivity contribution in [1.82, 2.24) is 4.90 Å². The number of methoxy groups -OCH3 is 1. The summed E-state index contributed by atoms with van der Waals surface area (Å²) >= 11 is 0. The summed E-state index contributed by atoms with van der Waals surface area (Å²) < 4.78 is 5.90. The lowest BCUT2D eigenvalue weighted by Gasteiger charge is -2.56. The van der Waals surface area contributed by atoms with Gasteiger partial charge in [0.15, 0.2) is 0 Å². The zero-order valence-corrected chi connectivity index (χ0v) is 11.7. The van der Waals surface area contributed by atoms with Crippen LogP contribution in [0.2, 0.25) is 0 Å². The second-order valence-corrected chi connectivity index (χ2v) is 5.90. The van der Waals surface area contributed by atoms with Gasteiger partial charge in [0, 0.05) is 32.0 Å². The van der Waals surface area contributed by atoms with E-state index in [-0.39, 0.29) is 5.92 Å². The lowest BCUT2D eigenvalue weighted by atomic mass is 9.59. The number of rotatable bonds is 4. The molecule has 2 bridgehead atoms. The van der Waals surface area contributed by atoms with Crippen LogP contribution in [0.5, 0.6) is 0 Å². The van der Waals surface area contributed by atoms with Gasteiger partial charge in [-0.2, -0.15) is 0 Å². The van der Waals surface area contributed by atoms with Crippen LogP contribution in [0.4, 0.5) is 0 Å². The van der Waals surface area contributed by atoms with Crippen molar-refractivity contribution in [3.63, 3.8) is 0 Å².